The summed E-state index contributed by atoms with van der Waals surface area (Å²) < 4.78 is 1.86. The molecule has 2 aromatic rings. The summed E-state index contributed by atoms with van der Waals surface area (Å²) in [6, 6.07) is 1.96. The van der Waals surface area contributed by atoms with Crippen LogP contribution in [0.4, 0.5) is 0 Å². The van der Waals surface area contributed by atoms with E-state index in [9.17, 15) is 4.79 Å². The molecule has 4 nitrogen and oxygen atoms in total. The third kappa shape index (κ3) is 1.88. The van der Waals surface area contributed by atoms with Crippen molar-refractivity contribution in [2.75, 3.05) is 0 Å². The smallest absolute Gasteiger partial charge is 0.254 e. The Kier molecular flexibility index (Phi) is 2.60. The van der Waals surface area contributed by atoms with Gasteiger partial charge in [-0.15, -0.1) is 0 Å². The number of rotatable bonds is 1. The van der Waals surface area contributed by atoms with Gasteiger partial charge >= 0.3 is 0 Å². The lowest BCUT2D eigenvalue weighted by Gasteiger charge is -2.13. The monoisotopic (exact) mass is 233 g/mol. The molecule has 0 aromatic carbocycles. The van der Waals surface area contributed by atoms with Crippen LogP contribution in [0, 0.1) is 6.92 Å². The summed E-state index contributed by atoms with van der Waals surface area (Å²) in [7, 11) is 0. The third-order valence-electron chi connectivity index (χ3n) is 3.08. The lowest BCUT2D eigenvalue weighted by molar-refractivity contribution is 0.560. The number of nitrogens with zero attached hydrogens (tertiary/aromatic N) is 2. The molecule has 0 aliphatic heterocycles. The number of aromatic nitrogens is 3. The van der Waals surface area contributed by atoms with Crippen LogP contribution in [0.25, 0.3) is 5.65 Å². The molecule has 0 aliphatic carbocycles. The Balaban J connectivity index is 2.82. The van der Waals surface area contributed by atoms with E-state index in [-0.39, 0.29) is 11.0 Å². The van der Waals surface area contributed by atoms with E-state index in [4.69, 9.17) is 0 Å². The van der Waals surface area contributed by atoms with Crippen LogP contribution in [-0.4, -0.2) is 14.6 Å². The summed E-state index contributed by atoms with van der Waals surface area (Å²) in [5.74, 6) is 0. The highest BCUT2D eigenvalue weighted by Crippen LogP contribution is 2.22. The normalized spacial score (nSPS) is 12.3. The number of H-pyrrole nitrogens is 1. The average molecular weight is 233 g/mol. The summed E-state index contributed by atoms with van der Waals surface area (Å²) in [4.78, 5) is 14.6. The molecule has 0 spiro atoms. The van der Waals surface area contributed by atoms with Crippen molar-refractivity contribution < 1.29 is 0 Å². The Bertz CT molecular complexity index is 614. The molecule has 0 amide bonds. The first-order chi connectivity index (χ1) is 7.84. The van der Waals surface area contributed by atoms with Crippen molar-refractivity contribution in [3.8, 4) is 0 Å². The Morgan fingerprint density at radius 2 is 2.06 bits per heavy atom. The predicted molar refractivity (Wildman–Crippen MR) is 68.6 cm³/mol. The van der Waals surface area contributed by atoms with E-state index >= 15 is 0 Å². The number of aromatic amines is 1. The van der Waals surface area contributed by atoms with Gasteiger partial charge in [0, 0.05) is 17.0 Å². The molecule has 2 aromatic heterocycles. The summed E-state index contributed by atoms with van der Waals surface area (Å²) in [6.07, 6.45) is 0.803. The first-order valence-electron chi connectivity index (χ1n) is 5.96. The van der Waals surface area contributed by atoms with Gasteiger partial charge in [-0.25, -0.2) is 4.52 Å². The largest absolute Gasteiger partial charge is 0.307 e. The number of fused-ring (bicyclic) bond motifs is 1. The van der Waals surface area contributed by atoms with E-state index in [0.29, 0.717) is 0 Å². The van der Waals surface area contributed by atoms with Crippen LogP contribution >= 0.6 is 0 Å². The highest BCUT2D eigenvalue weighted by Gasteiger charge is 2.19. The first kappa shape index (κ1) is 11.9. The molecule has 0 radical (unpaired) electrons. The Morgan fingerprint density at radius 1 is 1.41 bits per heavy atom. The molecule has 4 heteroatoms. The highest BCUT2D eigenvalue weighted by molar-refractivity contribution is 5.43. The summed E-state index contributed by atoms with van der Waals surface area (Å²) in [5.41, 5.74) is 3.48. The lowest BCUT2D eigenvalue weighted by Crippen LogP contribution is -2.17. The first-order valence-corrected chi connectivity index (χ1v) is 5.96. The van der Waals surface area contributed by atoms with Crippen LogP contribution in [0.2, 0.25) is 0 Å². The highest BCUT2D eigenvalue weighted by atomic mass is 16.1. The van der Waals surface area contributed by atoms with E-state index in [2.05, 4.69) is 30.9 Å². The van der Waals surface area contributed by atoms with Gasteiger partial charge in [-0.1, -0.05) is 27.7 Å². The van der Waals surface area contributed by atoms with E-state index in [1.165, 1.54) is 0 Å². The molecule has 0 fully saturated rings. The zero-order valence-electron chi connectivity index (χ0n) is 11.1. The van der Waals surface area contributed by atoms with E-state index in [1.807, 2.05) is 24.4 Å². The average Bonchev–Trinajstić information content (AvgIpc) is 2.62. The maximum atomic E-state index is 11.8. The Morgan fingerprint density at radius 3 is 2.59 bits per heavy atom. The molecule has 92 valence electrons. The minimum Gasteiger partial charge on any atom is -0.307 e. The van der Waals surface area contributed by atoms with Gasteiger partial charge in [-0.3, -0.25) is 4.79 Å². The number of hydrogen-bond acceptors (Lipinski definition) is 2. The minimum atomic E-state index is -0.0188. The van der Waals surface area contributed by atoms with Crippen LogP contribution in [0.3, 0.4) is 0 Å². The van der Waals surface area contributed by atoms with Gasteiger partial charge in [0.05, 0.1) is 11.4 Å². The van der Waals surface area contributed by atoms with Crippen molar-refractivity contribution >= 4 is 5.65 Å². The second kappa shape index (κ2) is 3.72. The standard InChI is InChI=1S/C13H19N3O/c1-6-9-8(2)12(17)14-11-7-10(13(3,4)5)15-16(9)11/h7H,6H2,1-5H3,(H,14,17). The van der Waals surface area contributed by atoms with Gasteiger partial charge in [-0.2, -0.15) is 5.10 Å². The molecule has 2 rings (SSSR count). The topological polar surface area (TPSA) is 50.2 Å². The van der Waals surface area contributed by atoms with Gasteiger partial charge < -0.3 is 4.98 Å². The van der Waals surface area contributed by atoms with Crippen LogP contribution in [-0.2, 0) is 11.8 Å². The lowest BCUT2D eigenvalue weighted by atomic mass is 9.93. The van der Waals surface area contributed by atoms with Crippen LogP contribution in [0.1, 0.15) is 44.6 Å². The Labute approximate surface area is 101 Å². The molecule has 0 saturated heterocycles. The molecule has 1 N–H and O–H groups in total. The van der Waals surface area contributed by atoms with Crippen molar-refractivity contribution in [3.63, 3.8) is 0 Å². The fraction of sp³-hybridized carbons (Fsp3) is 0.538. The van der Waals surface area contributed by atoms with Crippen molar-refractivity contribution in [2.24, 2.45) is 0 Å². The zero-order chi connectivity index (χ0) is 12.8. The summed E-state index contributed by atoms with van der Waals surface area (Å²) in [6.45, 7) is 10.2. The van der Waals surface area contributed by atoms with E-state index in [0.717, 1.165) is 29.0 Å². The molecule has 0 unspecified atom stereocenters. The maximum Gasteiger partial charge on any atom is 0.254 e. The molecule has 0 aliphatic rings. The quantitative estimate of drug-likeness (QED) is 0.820. The molecule has 0 atom stereocenters. The van der Waals surface area contributed by atoms with E-state index < -0.39 is 0 Å². The van der Waals surface area contributed by atoms with Gasteiger partial charge in [-0.05, 0) is 13.3 Å². The fourth-order valence-corrected chi connectivity index (χ4v) is 1.96. The molecule has 0 saturated carbocycles. The Hall–Kier alpha value is -1.58. The number of aryl methyl sites for hydroxylation is 1. The molecule has 17 heavy (non-hydrogen) atoms. The second-order valence-electron chi connectivity index (χ2n) is 5.46. The molecular formula is C13H19N3O. The summed E-state index contributed by atoms with van der Waals surface area (Å²) >= 11 is 0. The predicted octanol–water partition coefficient (Wildman–Crippen LogP) is 2.19. The third-order valence-corrected chi connectivity index (χ3v) is 3.08. The summed E-state index contributed by atoms with van der Waals surface area (Å²) in [5, 5.41) is 4.60. The zero-order valence-corrected chi connectivity index (χ0v) is 11.1. The second-order valence-corrected chi connectivity index (χ2v) is 5.46. The molecular weight excluding hydrogens is 214 g/mol. The van der Waals surface area contributed by atoms with Crippen molar-refractivity contribution in [2.45, 2.75) is 46.5 Å². The fourth-order valence-electron chi connectivity index (χ4n) is 1.96. The maximum absolute atomic E-state index is 11.8. The number of nitrogens with one attached hydrogen (secondary N) is 1. The number of hydrogen-bond donors (Lipinski definition) is 1. The van der Waals surface area contributed by atoms with Crippen molar-refractivity contribution in [3.05, 3.63) is 33.4 Å². The SMILES string of the molecule is CCc1c(C)c(=O)[nH]c2cc(C(C)(C)C)nn12. The molecule has 0 bridgehead atoms. The van der Waals surface area contributed by atoms with Crippen molar-refractivity contribution in [1.29, 1.82) is 0 Å². The van der Waals surface area contributed by atoms with Crippen LogP contribution < -0.4 is 5.56 Å². The van der Waals surface area contributed by atoms with Gasteiger partial charge in [0.1, 0.15) is 5.65 Å². The van der Waals surface area contributed by atoms with Gasteiger partial charge in [0.15, 0.2) is 0 Å². The minimum absolute atomic E-state index is 0.0121. The van der Waals surface area contributed by atoms with Crippen LogP contribution in [0.5, 0.6) is 0 Å². The van der Waals surface area contributed by atoms with Crippen LogP contribution in [0.15, 0.2) is 10.9 Å². The van der Waals surface area contributed by atoms with Gasteiger partial charge in [0.2, 0.25) is 0 Å². The van der Waals surface area contributed by atoms with Gasteiger partial charge in [0.25, 0.3) is 5.56 Å². The van der Waals surface area contributed by atoms with Crippen molar-refractivity contribution in [1.82, 2.24) is 14.6 Å². The van der Waals surface area contributed by atoms with E-state index in [1.54, 1.807) is 0 Å². The molecule has 2 heterocycles.